The second kappa shape index (κ2) is 5.67. The Morgan fingerprint density at radius 1 is 1.47 bits per heavy atom. The molecular weight excluding hydrogens is 236 g/mol. The molecule has 1 aliphatic rings. The second-order valence-electron chi connectivity index (χ2n) is 4.76. The molecule has 0 N–H and O–H groups in total. The Morgan fingerprint density at radius 3 is 2.82 bits per heavy atom. The summed E-state index contributed by atoms with van der Waals surface area (Å²) in [4.78, 5) is 12.4. The van der Waals surface area contributed by atoms with Gasteiger partial charge in [-0.25, -0.2) is 0 Å². The van der Waals surface area contributed by atoms with Gasteiger partial charge in [-0.15, -0.1) is 0 Å². The predicted molar refractivity (Wildman–Crippen MR) is 68.4 cm³/mol. The minimum absolute atomic E-state index is 0.161. The van der Waals surface area contributed by atoms with Crippen LogP contribution < -0.4 is 0 Å². The molecule has 1 aliphatic carbocycles. The van der Waals surface area contributed by atoms with Crippen molar-refractivity contribution in [2.75, 3.05) is 0 Å². The molecule has 2 rings (SSSR count). The molecule has 1 heterocycles. The Morgan fingerprint density at radius 2 is 2.18 bits per heavy atom. The van der Waals surface area contributed by atoms with E-state index >= 15 is 0 Å². The third kappa shape index (κ3) is 2.71. The predicted octanol–water partition coefficient (Wildman–Crippen LogP) is 3.71. The van der Waals surface area contributed by atoms with Crippen LogP contribution in [0.1, 0.15) is 55.9 Å². The van der Waals surface area contributed by atoms with Gasteiger partial charge < -0.3 is 0 Å². The van der Waals surface area contributed by atoms with Crippen LogP contribution in [0.4, 0.5) is 0 Å². The summed E-state index contributed by atoms with van der Waals surface area (Å²) in [6.07, 6.45) is 8.15. The zero-order chi connectivity index (χ0) is 12.3. The fraction of sp³-hybridized carbons (Fsp3) is 0.692. The first-order valence-electron chi connectivity index (χ1n) is 6.49. The third-order valence-corrected chi connectivity index (χ3v) is 3.72. The highest BCUT2D eigenvalue weighted by Gasteiger charge is 2.27. The number of hydrogen-bond acceptors (Lipinski definition) is 2. The van der Waals surface area contributed by atoms with Crippen molar-refractivity contribution in [3.63, 3.8) is 0 Å². The third-order valence-electron chi connectivity index (χ3n) is 3.44. The van der Waals surface area contributed by atoms with Gasteiger partial charge in [-0.05, 0) is 19.3 Å². The van der Waals surface area contributed by atoms with Gasteiger partial charge in [0.1, 0.15) is 5.69 Å². The van der Waals surface area contributed by atoms with Crippen LogP contribution in [0.5, 0.6) is 0 Å². The summed E-state index contributed by atoms with van der Waals surface area (Å²) in [6, 6.07) is 0. The van der Waals surface area contributed by atoms with E-state index in [1.807, 2.05) is 0 Å². The highest BCUT2D eigenvalue weighted by molar-refractivity contribution is 6.33. The van der Waals surface area contributed by atoms with Gasteiger partial charge in [-0.2, -0.15) is 5.10 Å². The van der Waals surface area contributed by atoms with Crippen LogP contribution in [0.3, 0.4) is 0 Å². The van der Waals surface area contributed by atoms with Crippen LogP contribution in [-0.4, -0.2) is 15.6 Å². The van der Waals surface area contributed by atoms with Gasteiger partial charge in [0.05, 0.1) is 11.2 Å². The number of carbonyl (C=O) groups excluding carboxylic acids is 1. The first-order valence-corrected chi connectivity index (χ1v) is 6.87. The van der Waals surface area contributed by atoms with Gasteiger partial charge in [0.15, 0.2) is 5.78 Å². The van der Waals surface area contributed by atoms with E-state index in [0.717, 1.165) is 38.6 Å². The van der Waals surface area contributed by atoms with Crippen molar-refractivity contribution in [3.8, 4) is 0 Å². The van der Waals surface area contributed by atoms with Crippen molar-refractivity contribution in [2.24, 2.45) is 5.92 Å². The highest BCUT2D eigenvalue weighted by atomic mass is 35.5. The van der Waals surface area contributed by atoms with Crippen LogP contribution in [0.25, 0.3) is 0 Å². The maximum Gasteiger partial charge on any atom is 0.185 e. The lowest BCUT2D eigenvalue weighted by atomic mass is 9.85. The minimum atomic E-state index is 0.161. The van der Waals surface area contributed by atoms with Crippen LogP contribution >= 0.6 is 11.6 Å². The SMILES string of the molecule is CCCn1ncc(Cl)c1C(=O)C1CCCCC1. The van der Waals surface area contributed by atoms with Crippen molar-refractivity contribution >= 4 is 17.4 Å². The summed E-state index contributed by atoms with van der Waals surface area (Å²) in [5.41, 5.74) is 0.625. The molecule has 1 aromatic heterocycles. The second-order valence-corrected chi connectivity index (χ2v) is 5.17. The number of rotatable bonds is 4. The Labute approximate surface area is 107 Å². The molecule has 1 aromatic rings. The molecule has 94 valence electrons. The topological polar surface area (TPSA) is 34.9 Å². The van der Waals surface area contributed by atoms with Crippen molar-refractivity contribution in [1.82, 2.24) is 9.78 Å². The van der Waals surface area contributed by atoms with E-state index in [2.05, 4.69) is 12.0 Å². The van der Waals surface area contributed by atoms with E-state index in [1.54, 1.807) is 10.9 Å². The highest BCUT2D eigenvalue weighted by Crippen LogP contribution is 2.29. The molecule has 0 aliphatic heterocycles. The maximum absolute atomic E-state index is 12.4. The summed E-state index contributed by atoms with van der Waals surface area (Å²) in [5, 5.41) is 4.69. The van der Waals surface area contributed by atoms with Crippen LogP contribution in [0.2, 0.25) is 5.02 Å². The zero-order valence-corrected chi connectivity index (χ0v) is 11.0. The van der Waals surface area contributed by atoms with Crippen LogP contribution in [-0.2, 0) is 6.54 Å². The lowest BCUT2D eigenvalue weighted by Crippen LogP contribution is -2.21. The molecule has 0 amide bonds. The van der Waals surface area contributed by atoms with Gasteiger partial charge in [-0.3, -0.25) is 9.48 Å². The molecule has 3 nitrogen and oxygen atoms in total. The molecule has 0 unspecified atom stereocenters. The Bertz CT molecular complexity index is 394. The number of nitrogens with zero attached hydrogens (tertiary/aromatic N) is 2. The first-order chi connectivity index (χ1) is 8.24. The Hall–Kier alpha value is -0.830. The lowest BCUT2D eigenvalue weighted by Gasteiger charge is -2.20. The van der Waals surface area contributed by atoms with Gasteiger partial charge in [-0.1, -0.05) is 37.8 Å². The average Bonchev–Trinajstić information content (AvgIpc) is 2.71. The van der Waals surface area contributed by atoms with E-state index in [-0.39, 0.29) is 11.7 Å². The molecule has 0 aromatic carbocycles. The molecule has 0 bridgehead atoms. The minimum Gasteiger partial charge on any atom is -0.292 e. The maximum atomic E-state index is 12.4. The Kier molecular flexibility index (Phi) is 4.21. The van der Waals surface area contributed by atoms with Gasteiger partial charge in [0.25, 0.3) is 0 Å². The number of ketones is 1. The van der Waals surface area contributed by atoms with Gasteiger partial charge >= 0.3 is 0 Å². The lowest BCUT2D eigenvalue weighted by molar-refractivity contribution is 0.0878. The molecule has 17 heavy (non-hydrogen) atoms. The van der Waals surface area contributed by atoms with Gasteiger partial charge in [0.2, 0.25) is 0 Å². The summed E-state index contributed by atoms with van der Waals surface area (Å²) in [5.74, 6) is 0.356. The number of halogens is 1. The summed E-state index contributed by atoms with van der Waals surface area (Å²) < 4.78 is 1.76. The number of aryl methyl sites for hydroxylation is 1. The average molecular weight is 255 g/mol. The fourth-order valence-electron chi connectivity index (χ4n) is 2.55. The number of hydrogen-bond donors (Lipinski definition) is 0. The standard InChI is InChI=1S/C13H19ClN2O/c1-2-8-16-12(11(14)9-15-16)13(17)10-6-4-3-5-7-10/h9-10H,2-8H2,1H3. The van der Waals surface area contributed by atoms with Crippen molar-refractivity contribution in [1.29, 1.82) is 0 Å². The van der Waals surface area contributed by atoms with E-state index in [9.17, 15) is 4.79 Å². The smallest absolute Gasteiger partial charge is 0.185 e. The normalized spacial score (nSPS) is 17.3. The first kappa shape index (κ1) is 12.6. The van der Waals surface area contributed by atoms with E-state index in [4.69, 9.17) is 11.6 Å². The summed E-state index contributed by atoms with van der Waals surface area (Å²) in [7, 11) is 0. The molecule has 4 heteroatoms. The molecule has 0 saturated heterocycles. The number of aromatic nitrogens is 2. The van der Waals surface area contributed by atoms with Crippen LogP contribution in [0.15, 0.2) is 6.20 Å². The van der Waals surface area contributed by atoms with Crippen molar-refractivity contribution in [2.45, 2.75) is 52.0 Å². The van der Waals surface area contributed by atoms with Crippen LogP contribution in [0, 0.1) is 5.92 Å². The van der Waals surface area contributed by atoms with Crippen molar-refractivity contribution < 1.29 is 4.79 Å². The molecule has 1 fully saturated rings. The summed E-state index contributed by atoms with van der Waals surface area (Å²) in [6.45, 7) is 2.84. The quantitative estimate of drug-likeness (QED) is 0.768. The zero-order valence-electron chi connectivity index (χ0n) is 10.3. The van der Waals surface area contributed by atoms with Crippen molar-refractivity contribution in [3.05, 3.63) is 16.9 Å². The van der Waals surface area contributed by atoms with Gasteiger partial charge in [0, 0.05) is 12.5 Å². The molecule has 0 radical (unpaired) electrons. The van der Waals surface area contributed by atoms with E-state index in [0.29, 0.717) is 10.7 Å². The number of carbonyl (C=O) groups is 1. The molecule has 0 atom stereocenters. The summed E-state index contributed by atoms with van der Waals surface area (Å²) >= 11 is 6.09. The largest absolute Gasteiger partial charge is 0.292 e. The monoisotopic (exact) mass is 254 g/mol. The number of Topliss-reactive ketones (excluding diaryl/α,β-unsaturated/α-hetero) is 1. The molecular formula is C13H19ClN2O. The fourth-order valence-corrected chi connectivity index (χ4v) is 2.78. The van der Waals surface area contributed by atoms with E-state index in [1.165, 1.54) is 6.42 Å². The molecule has 1 saturated carbocycles. The molecule has 0 spiro atoms. The Balaban J connectivity index is 2.19. The van der Waals surface area contributed by atoms with E-state index < -0.39 is 0 Å².